The summed E-state index contributed by atoms with van der Waals surface area (Å²) in [7, 11) is 0. The molecular weight excluding hydrogens is 234 g/mol. The maximum Gasteiger partial charge on any atom is 0.416 e. The Labute approximate surface area is 96.8 Å². The molecule has 1 N–H and O–H groups in total. The second-order valence-corrected chi connectivity index (χ2v) is 4.42. The maximum absolute atomic E-state index is 14.4. The Morgan fingerprint density at radius 3 is 2.47 bits per heavy atom. The Bertz CT molecular complexity index is 419. The van der Waals surface area contributed by atoms with Gasteiger partial charge in [-0.05, 0) is 43.1 Å². The van der Waals surface area contributed by atoms with Crippen molar-refractivity contribution >= 4 is 0 Å². The lowest BCUT2D eigenvalue weighted by Crippen LogP contribution is -2.24. The van der Waals surface area contributed by atoms with E-state index in [0.29, 0.717) is 24.1 Å². The highest BCUT2D eigenvalue weighted by Gasteiger charge is 2.38. The quantitative estimate of drug-likeness (QED) is 0.751. The normalized spacial score (nSPS) is 25.2. The van der Waals surface area contributed by atoms with Crippen LogP contribution in [0.3, 0.4) is 0 Å². The fourth-order valence-electron chi connectivity index (χ4n) is 2.23. The van der Waals surface area contributed by atoms with Gasteiger partial charge < -0.3 is 5.32 Å². The molecule has 0 amide bonds. The molecular formula is C12H13F4N. The van der Waals surface area contributed by atoms with Crippen molar-refractivity contribution in [1.29, 1.82) is 0 Å². The number of nitrogens with one attached hydrogen (secondary N) is 1. The monoisotopic (exact) mass is 247 g/mol. The summed E-state index contributed by atoms with van der Waals surface area (Å²) in [6, 6.07) is 3.21. The highest BCUT2D eigenvalue weighted by molar-refractivity contribution is 5.37. The first-order valence-corrected chi connectivity index (χ1v) is 5.41. The van der Waals surface area contributed by atoms with Crippen molar-refractivity contribution in [2.45, 2.75) is 25.2 Å². The van der Waals surface area contributed by atoms with Crippen LogP contribution in [0.15, 0.2) is 18.2 Å². The first kappa shape index (κ1) is 12.4. The molecule has 1 aliphatic heterocycles. The van der Waals surface area contributed by atoms with Crippen molar-refractivity contribution in [1.82, 2.24) is 5.32 Å². The lowest BCUT2D eigenvalue weighted by Gasteiger charge is -2.22. The molecule has 94 valence electrons. The molecule has 1 aromatic rings. The molecule has 0 aromatic heterocycles. The fourth-order valence-corrected chi connectivity index (χ4v) is 2.23. The summed E-state index contributed by atoms with van der Waals surface area (Å²) in [5, 5.41) is 2.89. The molecule has 1 atom stereocenters. The van der Waals surface area contributed by atoms with Gasteiger partial charge in [0.05, 0.1) is 5.56 Å². The minimum Gasteiger partial charge on any atom is -0.313 e. The van der Waals surface area contributed by atoms with Crippen LogP contribution in [0, 0.1) is 6.92 Å². The zero-order valence-electron chi connectivity index (χ0n) is 9.37. The number of hydrogen-bond donors (Lipinski definition) is 1. The first-order valence-electron chi connectivity index (χ1n) is 5.41. The van der Waals surface area contributed by atoms with Crippen molar-refractivity contribution < 1.29 is 17.6 Å². The van der Waals surface area contributed by atoms with E-state index in [1.165, 1.54) is 13.0 Å². The largest absolute Gasteiger partial charge is 0.416 e. The van der Waals surface area contributed by atoms with Gasteiger partial charge >= 0.3 is 6.18 Å². The Morgan fingerprint density at radius 1 is 1.29 bits per heavy atom. The average molecular weight is 247 g/mol. The van der Waals surface area contributed by atoms with E-state index in [4.69, 9.17) is 0 Å². The number of benzene rings is 1. The second-order valence-electron chi connectivity index (χ2n) is 4.42. The number of rotatable bonds is 1. The van der Waals surface area contributed by atoms with E-state index in [1.54, 1.807) is 0 Å². The summed E-state index contributed by atoms with van der Waals surface area (Å²) in [5.74, 6) is 0. The van der Waals surface area contributed by atoms with Gasteiger partial charge in [-0.1, -0.05) is 6.07 Å². The minimum absolute atomic E-state index is 0.166. The summed E-state index contributed by atoms with van der Waals surface area (Å²) in [4.78, 5) is 0. The molecule has 1 fully saturated rings. The Balaban J connectivity index is 2.38. The van der Waals surface area contributed by atoms with Gasteiger partial charge in [0.1, 0.15) is 5.67 Å². The first-order chi connectivity index (χ1) is 7.83. The highest BCUT2D eigenvalue weighted by Crippen LogP contribution is 2.37. The minimum atomic E-state index is -4.37. The predicted molar refractivity (Wildman–Crippen MR) is 56.5 cm³/mol. The molecule has 1 unspecified atom stereocenters. The fraction of sp³-hybridized carbons (Fsp3) is 0.500. The van der Waals surface area contributed by atoms with E-state index < -0.39 is 17.4 Å². The number of hydrogen-bond acceptors (Lipinski definition) is 1. The SMILES string of the molecule is Cc1cc(C(F)(F)F)ccc1C1(F)CCNC1. The molecule has 1 aliphatic rings. The molecule has 1 heterocycles. The van der Waals surface area contributed by atoms with Crippen molar-refractivity contribution in [2.24, 2.45) is 0 Å². The van der Waals surface area contributed by atoms with Crippen LogP contribution in [0.5, 0.6) is 0 Å². The Kier molecular flexibility index (Phi) is 2.89. The molecule has 0 spiro atoms. The van der Waals surface area contributed by atoms with Gasteiger partial charge in [0.2, 0.25) is 0 Å². The van der Waals surface area contributed by atoms with E-state index in [2.05, 4.69) is 5.32 Å². The third-order valence-corrected chi connectivity index (χ3v) is 3.14. The average Bonchev–Trinajstić information content (AvgIpc) is 2.64. The Morgan fingerprint density at radius 2 is 2.00 bits per heavy atom. The van der Waals surface area contributed by atoms with Crippen LogP contribution in [-0.2, 0) is 11.8 Å². The molecule has 0 aliphatic carbocycles. The predicted octanol–water partition coefficient (Wildman–Crippen LogP) is 3.17. The number of halogens is 4. The van der Waals surface area contributed by atoms with Crippen LogP contribution in [0.2, 0.25) is 0 Å². The van der Waals surface area contributed by atoms with Crippen LogP contribution in [0.4, 0.5) is 17.6 Å². The van der Waals surface area contributed by atoms with Crippen LogP contribution in [-0.4, -0.2) is 13.1 Å². The summed E-state index contributed by atoms with van der Waals surface area (Å²) in [6.07, 6.45) is -4.07. The molecule has 5 heteroatoms. The molecule has 1 aromatic carbocycles. The zero-order valence-corrected chi connectivity index (χ0v) is 9.37. The van der Waals surface area contributed by atoms with Crippen molar-refractivity contribution in [3.63, 3.8) is 0 Å². The van der Waals surface area contributed by atoms with Crippen LogP contribution >= 0.6 is 0 Å². The van der Waals surface area contributed by atoms with Crippen LogP contribution < -0.4 is 5.32 Å². The van der Waals surface area contributed by atoms with E-state index in [0.717, 1.165) is 12.1 Å². The third kappa shape index (κ3) is 2.29. The van der Waals surface area contributed by atoms with E-state index in [9.17, 15) is 17.6 Å². The van der Waals surface area contributed by atoms with E-state index in [-0.39, 0.29) is 6.54 Å². The van der Waals surface area contributed by atoms with E-state index >= 15 is 0 Å². The van der Waals surface area contributed by atoms with Gasteiger partial charge in [-0.25, -0.2) is 4.39 Å². The Hall–Kier alpha value is -1.10. The van der Waals surface area contributed by atoms with Gasteiger partial charge in [0.25, 0.3) is 0 Å². The smallest absolute Gasteiger partial charge is 0.313 e. The number of aryl methyl sites for hydroxylation is 1. The summed E-state index contributed by atoms with van der Waals surface area (Å²) < 4.78 is 51.8. The molecule has 1 saturated heterocycles. The maximum atomic E-state index is 14.4. The molecule has 2 rings (SSSR count). The third-order valence-electron chi connectivity index (χ3n) is 3.14. The van der Waals surface area contributed by atoms with Gasteiger partial charge in [0.15, 0.2) is 0 Å². The molecule has 0 radical (unpaired) electrons. The van der Waals surface area contributed by atoms with Crippen LogP contribution in [0.25, 0.3) is 0 Å². The molecule has 0 saturated carbocycles. The van der Waals surface area contributed by atoms with Crippen molar-refractivity contribution in [3.8, 4) is 0 Å². The number of alkyl halides is 4. The van der Waals surface area contributed by atoms with Crippen LogP contribution in [0.1, 0.15) is 23.1 Å². The van der Waals surface area contributed by atoms with Crippen molar-refractivity contribution in [2.75, 3.05) is 13.1 Å². The van der Waals surface area contributed by atoms with Gasteiger partial charge in [-0.3, -0.25) is 0 Å². The molecule has 17 heavy (non-hydrogen) atoms. The summed E-state index contributed by atoms with van der Waals surface area (Å²) in [5.41, 5.74) is -1.55. The topological polar surface area (TPSA) is 12.0 Å². The lowest BCUT2D eigenvalue weighted by molar-refractivity contribution is -0.137. The second kappa shape index (κ2) is 3.98. The zero-order chi connectivity index (χ0) is 12.7. The lowest BCUT2D eigenvalue weighted by atomic mass is 9.90. The summed E-state index contributed by atoms with van der Waals surface area (Å²) >= 11 is 0. The summed E-state index contributed by atoms with van der Waals surface area (Å²) in [6.45, 7) is 2.24. The molecule has 1 nitrogen and oxygen atoms in total. The molecule has 0 bridgehead atoms. The van der Waals surface area contributed by atoms with Gasteiger partial charge in [-0.15, -0.1) is 0 Å². The van der Waals surface area contributed by atoms with Gasteiger partial charge in [-0.2, -0.15) is 13.2 Å². The van der Waals surface area contributed by atoms with Gasteiger partial charge in [0, 0.05) is 6.54 Å². The standard InChI is InChI=1S/C12H13F4N/c1-8-6-9(12(14,15)16)2-3-10(8)11(13)4-5-17-7-11/h2-3,6,17H,4-5,7H2,1H3. The van der Waals surface area contributed by atoms with Crippen molar-refractivity contribution in [3.05, 3.63) is 34.9 Å². The highest BCUT2D eigenvalue weighted by atomic mass is 19.4. The van der Waals surface area contributed by atoms with E-state index in [1.807, 2.05) is 0 Å².